The Hall–Kier alpha value is -1.88. The normalized spacial score (nSPS) is 21.3. The number of hydrogen-bond donors (Lipinski definition) is 1. The molecule has 0 saturated carbocycles. The van der Waals surface area contributed by atoms with E-state index in [2.05, 4.69) is 5.32 Å². The summed E-state index contributed by atoms with van der Waals surface area (Å²) in [4.78, 5) is 24.3. The summed E-state index contributed by atoms with van der Waals surface area (Å²) in [6, 6.07) is 8.85. The highest BCUT2D eigenvalue weighted by molar-refractivity contribution is 5.95. The molecular formula is C17H23NO4. The number of benzene rings is 1. The van der Waals surface area contributed by atoms with Gasteiger partial charge in [-0.25, -0.2) is 4.79 Å². The number of rotatable bonds is 7. The third-order valence-corrected chi connectivity index (χ3v) is 3.63. The van der Waals surface area contributed by atoms with E-state index in [-0.39, 0.29) is 18.3 Å². The molecule has 5 nitrogen and oxygen atoms in total. The van der Waals surface area contributed by atoms with Crippen molar-refractivity contribution in [2.75, 3.05) is 6.61 Å². The van der Waals surface area contributed by atoms with Crippen LogP contribution in [0.3, 0.4) is 0 Å². The van der Waals surface area contributed by atoms with Crippen LogP contribution in [0.1, 0.15) is 32.8 Å². The van der Waals surface area contributed by atoms with Crippen LogP contribution in [0.4, 0.5) is 4.79 Å². The highest BCUT2D eigenvalue weighted by Crippen LogP contribution is 2.29. The number of epoxide rings is 1. The van der Waals surface area contributed by atoms with Crippen molar-refractivity contribution in [1.82, 2.24) is 5.32 Å². The van der Waals surface area contributed by atoms with Crippen molar-refractivity contribution in [1.29, 1.82) is 0 Å². The molecule has 0 bridgehead atoms. The van der Waals surface area contributed by atoms with E-state index in [0.29, 0.717) is 13.0 Å². The van der Waals surface area contributed by atoms with Crippen molar-refractivity contribution in [3.8, 4) is 0 Å². The van der Waals surface area contributed by atoms with Gasteiger partial charge in [0, 0.05) is 0 Å². The van der Waals surface area contributed by atoms with Crippen LogP contribution in [0, 0.1) is 5.92 Å². The molecule has 0 radical (unpaired) electrons. The molecule has 1 amide bonds. The van der Waals surface area contributed by atoms with Crippen molar-refractivity contribution in [2.45, 2.75) is 45.4 Å². The minimum absolute atomic E-state index is 0.0853. The average molecular weight is 305 g/mol. The first kappa shape index (κ1) is 16.5. The maximum absolute atomic E-state index is 12.4. The van der Waals surface area contributed by atoms with Gasteiger partial charge < -0.3 is 14.8 Å². The summed E-state index contributed by atoms with van der Waals surface area (Å²) >= 11 is 0. The molecule has 1 saturated heterocycles. The molecular weight excluding hydrogens is 282 g/mol. The van der Waals surface area contributed by atoms with Gasteiger partial charge in [0.1, 0.15) is 12.2 Å². The fraction of sp³-hybridized carbons (Fsp3) is 0.529. The largest absolute Gasteiger partial charge is 0.445 e. The molecule has 2 rings (SSSR count). The molecule has 1 fully saturated rings. The van der Waals surface area contributed by atoms with Crippen molar-refractivity contribution in [2.24, 2.45) is 5.92 Å². The number of ketones is 1. The van der Waals surface area contributed by atoms with Gasteiger partial charge in [0.05, 0.1) is 12.6 Å². The van der Waals surface area contributed by atoms with Crippen molar-refractivity contribution >= 4 is 11.9 Å². The van der Waals surface area contributed by atoms with Crippen LogP contribution in [0.5, 0.6) is 0 Å². The smallest absolute Gasteiger partial charge is 0.408 e. The van der Waals surface area contributed by atoms with Gasteiger partial charge in [-0.15, -0.1) is 0 Å². The van der Waals surface area contributed by atoms with Crippen LogP contribution in [0.15, 0.2) is 30.3 Å². The topological polar surface area (TPSA) is 67.9 Å². The quantitative estimate of drug-likeness (QED) is 0.786. The highest BCUT2D eigenvalue weighted by atomic mass is 16.6. The zero-order chi connectivity index (χ0) is 16.2. The van der Waals surface area contributed by atoms with E-state index >= 15 is 0 Å². The lowest BCUT2D eigenvalue weighted by molar-refractivity contribution is -0.125. The second kappa shape index (κ2) is 6.92. The summed E-state index contributed by atoms with van der Waals surface area (Å²) in [5, 5.41) is 2.67. The first-order chi connectivity index (χ1) is 10.4. The molecule has 2 atom stereocenters. The number of nitrogens with one attached hydrogen (secondary N) is 1. The van der Waals surface area contributed by atoms with Gasteiger partial charge in [-0.3, -0.25) is 4.79 Å². The van der Waals surface area contributed by atoms with Crippen molar-refractivity contribution < 1.29 is 19.1 Å². The lowest BCUT2D eigenvalue weighted by atomic mass is 9.93. The Kier molecular flexibility index (Phi) is 5.19. The molecule has 0 aromatic heterocycles. The second-order valence-corrected chi connectivity index (χ2v) is 6.27. The van der Waals surface area contributed by atoms with E-state index in [4.69, 9.17) is 9.47 Å². The van der Waals surface area contributed by atoms with E-state index in [1.165, 1.54) is 0 Å². The Morgan fingerprint density at radius 3 is 2.50 bits per heavy atom. The molecule has 1 N–H and O–H groups in total. The maximum atomic E-state index is 12.4. The Bertz CT molecular complexity index is 523. The Balaban J connectivity index is 1.89. The van der Waals surface area contributed by atoms with E-state index in [0.717, 1.165) is 5.56 Å². The fourth-order valence-electron chi connectivity index (χ4n) is 2.23. The summed E-state index contributed by atoms with van der Waals surface area (Å²) in [6.45, 7) is 6.37. The minimum Gasteiger partial charge on any atom is -0.445 e. The second-order valence-electron chi connectivity index (χ2n) is 6.27. The van der Waals surface area contributed by atoms with Crippen LogP contribution < -0.4 is 5.32 Å². The molecule has 1 aromatic carbocycles. The average Bonchev–Trinajstić information content (AvgIpc) is 3.23. The van der Waals surface area contributed by atoms with Crippen LogP contribution in [0.2, 0.25) is 0 Å². The summed E-state index contributed by atoms with van der Waals surface area (Å²) in [5.41, 5.74) is 0.161. The lowest BCUT2D eigenvalue weighted by Gasteiger charge is -2.21. The van der Waals surface area contributed by atoms with Gasteiger partial charge >= 0.3 is 6.09 Å². The summed E-state index contributed by atoms with van der Waals surface area (Å²) in [7, 11) is 0. The van der Waals surface area contributed by atoms with E-state index in [1.54, 1.807) is 6.92 Å². The first-order valence-corrected chi connectivity index (χ1v) is 7.56. The summed E-state index contributed by atoms with van der Waals surface area (Å²) in [6.07, 6.45) is -0.00908. The molecule has 1 heterocycles. The molecule has 1 aromatic rings. The van der Waals surface area contributed by atoms with Crippen molar-refractivity contribution in [3.05, 3.63) is 35.9 Å². The lowest BCUT2D eigenvalue weighted by Crippen LogP contribution is -2.46. The number of hydrogen-bond acceptors (Lipinski definition) is 4. The fourth-order valence-corrected chi connectivity index (χ4v) is 2.23. The zero-order valence-electron chi connectivity index (χ0n) is 13.3. The molecule has 120 valence electrons. The monoisotopic (exact) mass is 305 g/mol. The zero-order valence-corrected chi connectivity index (χ0v) is 13.3. The number of alkyl carbamates (subject to hydrolysis) is 1. The Morgan fingerprint density at radius 2 is 1.95 bits per heavy atom. The predicted octanol–water partition coefficient (Wildman–Crippen LogP) is 2.69. The van der Waals surface area contributed by atoms with Gasteiger partial charge in [-0.2, -0.15) is 0 Å². The molecule has 1 aliphatic heterocycles. The summed E-state index contributed by atoms with van der Waals surface area (Å²) in [5.74, 6) is 0.198. The predicted molar refractivity (Wildman–Crippen MR) is 82.4 cm³/mol. The summed E-state index contributed by atoms with van der Waals surface area (Å²) < 4.78 is 10.4. The third-order valence-electron chi connectivity index (χ3n) is 3.63. The van der Waals surface area contributed by atoms with Gasteiger partial charge in [0.2, 0.25) is 0 Å². The first-order valence-electron chi connectivity index (χ1n) is 7.56. The van der Waals surface area contributed by atoms with Gasteiger partial charge in [-0.05, 0) is 24.8 Å². The van der Waals surface area contributed by atoms with E-state index in [1.807, 2.05) is 44.2 Å². The third kappa shape index (κ3) is 4.56. The minimum atomic E-state index is -0.744. The van der Waals surface area contributed by atoms with Gasteiger partial charge in [-0.1, -0.05) is 44.2 Å². The van der Waals surface area contributed by atoms with Gasteiger partial charge in [0.25, 0.3) is 0 Å². The molecule has 0 unspecified atom stereocenters. The molecule has 5 heteroatoms. The van der Waals surface area contributed by atoms with Crippen LogP contribution in [-0.4, -0.2) is 30.1 Å². The Morgan fingerprint density at radius 1 is 1.32 bits per heavy atom. The number of carbonyl (C=O) groups excluding carboxylic acids is 2. The number of ether oxygens (including phenoxy) is 2. The number of amides is 1. The highest BCUT2D eigenvalue weighted by Gasteiger charge is 2.50. The number of Topliss-reactive ketones (excluding diaryl/α,β-unsaturated/α-hetero) is 1. The van der Waals surface area contributed by atoms with Gasteiger partial charge in [0.15, 0.2) is 5.78 Å². The number of carbonyl (C=O) groups is 2. The molecule has 0 spiro atoms. The molecule has 1 aliphatic rings. The molecule has 0 aliphatic carbocycles. The Labute approximate surface area is 131 Å². The van der Waals surface area contributed by atoms with E-state index in [9.17, 15) is 9.59 Å². The van der Waals surface area contributed by atoms with Crippen molar-refractivity contribution in [3.63, 3.8) is 0 Å². The SMILES string of the molecule is CC(C)C[C@H](NC(=O)OCc1ccccc1)C(=O)[C@]1(C)CO1. The standard InChI is InChI=1S/C17H23NO4/c1-12(2)9-14(15(19)17(3)11-22-17)18-16(20)21-10-13-7-5-4-6-8-13/h4-8,12,14H,9-11H2,1-3H3,(H,18,20)/t14-,17-/m0/s1. The van der Waals surface area contributed by atoms with Crippen LogP contribution >= 0.6 is 0 Å². The van der Waals surface area contributed by atoms with Crippen LogP contribution in [-0.2, 0) is 20.9 Å². The maximum Gasteiger partial charge on any atom is 0.408 e. The molecule has 22 heavy (non-hydrogen) atoms. The van der Waals surface area contributed by atoms with Crippen LogP contribution in [0.25, 0.3) is 0 Å². The van der Waals surface area contributed by atoms with E-state index < -0.39 is 17.7 Å².